The second-order valence-corrected chi connectivity index (χ2v) is 8.84. The molecule has 0 spiro atoms. The third-order valence-corrected chi connectivity index (χ3v) is 6.47. The van der Waals surface area contributed by atoms with Gasteiger partial charge in [-0.3, -0.25) is 4.79 Å². The largest absolute Gasteiger partial charge is 0.485 e. The molecule has 1 amide bonds. The molecule has 8 nitrogen and oxygen atoms in total. The first kappa shape index (κ1) is 22.0. The number of benzene rings is 1. The van der Waals surface area contributed by atoms with Crippen molar-refractivity contribution in [2.24, 2.45) is 0 Å². The summed E-state index contributed by atoms with van der Waals surface area (Å²) in [5.74, 6) is 1.02. The van der Waals surface area contributed by atoms with Gasteiger partial charge in [-0.25, -0.2) is 4.98 Å². The Hall–Kier alpha value is -3.47. The van der Waals surface area contributed by atoms with Crippen molar-refractivity contribution in [2.45, 2.75) is 24.9 Å². The molecule has 1 aliphatic carbocycles. The second-order valence-electron chi connectivity index (χ2n) is 8.84. The second kappa shape index (κ2) is 8.33. The Morgan fingerprint density at radius 1 is 1.09 bits per heavy atom. The first-order valence-electron chi connectivity index (χ1n) is 11.6. The molecule has 0 unspecified atom stereocenters. The van der Waals surface area contributed by atoms with E-state index in [4.69, 9.17) is 14.2 Å². The third-order valence-electron chi connectivity index (χ3n) is 6.47. The van der Waals surface area contributed by atoms with Crippen LogP contribution in [-0.2, 0) is 10.9 Å². The lowest BCUT2D eigenvalue weighted by Crippen LogP contribution is -2.41. The molecule has 1 aromatic carbocycles. The highest BCUT2D eigenvalue weighted by atomic mass is 19.4. The zero-order chi connectivity index (χ0) is 24.2. The predicted molar refractivity (Wildman–Crippen MR) is 121 cm³/mol. The molecule has 11 heteroatoms. The van der Waals surface area contributed by atoms with Gasteiger partial charge in [0.15, 0.2) is 11.5 Å². The highest BCUT2D eigenvalue weighted by Gasteiger charge is 2.37. The van der Waals surface area contributed by atoms with Crippen LogP contribution in [-0.4, -0.2) is 60.3 Å². The van der Waals surface area contributed by atoms with E-state index >= 15 is 0 Å². The lowest BCUT2D eigenvalue weighted by molar-refractivity contribution is -0.136. The third kappa shape index (κ3) is 4.03. The van der Waals surface area contributed by atoms with E-state index in [1.807, 2.05) is 0 Å². The first-order valence-corrected chi connectivity index (χ1v) is 11.6. The molecule has 35 heavy (non-hydrogen) atoms. The maximum atomic E-state index is 13.6. The number of nitrogens with one attached hydrogen (secondary N) is 2. The Morgan fingerprint density at radius 3 is 2.54 bits per heavy atom. The Kier molecular flexibility index (Phi) is 5.24. The minimum absolute atomic E-state index is 0.0694. The fraction of sp³-hybridized carbons (Fsp3) is 0.417. The fourth-order valence-corrected chi connectivity index (χ4v) is 4.65. The summed E-state index contributed by atoms with van der Waals surface area (Å²) in [6.07, 6.45) is -1.82. The number of carbonyl (C=O) groups is 1. The number of amides is 1. The maximum absolute atomic E-state index is 13.6. The molecular weight excluding hydrogens is 465 g/mol. The van der Waals surface area contributed by atoms with Gasteiger partial charge in [0.25, 0.3) is 5.91 Å². The zero-order valence-electron chi connectivity index (χ0n) is 18.7. The van der Waals surface area contributed by atoms with Gasteiger partial charge in [0.1, 0.15) is 24.7 Å². The van der Waals surface area contributed by atoms with Gasteiger partial charge >= 0.3 is 6.18 Å². The molecule has 2 aliphatic heterocycles. The molecule has 3 aliphatic rings. The number of rotatable bonds is 4. The number of ether oxygens (including phenoxy) is 3. The van der Waals surface area contributed by atoms with E-state index in [0.29, 0.717) is 73.6 Å². The minimum Gasteiger partial charge on any atom is -0.485 e. The van der Waals surface area contributed by atoms with Crippen LogP contribution < -0.4 is 14.8 Å². The number of alkyl halides is 3. The lowest BCUT2D eigenvalue weighted by Gasteiger charge is -2.29. The molecule has 2 N–H and O–H groups in total. The van der Waals surface area contributed by atoms with E-state index in [1.54, 1.807) is 23.1 Å². The lowest BCUT2D eigenvalue weighted by atomic mass is 10.0. The van der Waals surface area contributed by atoms with Crippen LogP contribution in [0.2, 0.25) is 0 Å². The van der Waals surface area contributed by atoms with E-state index in [1.165, 1.54) is 0 Å². The van der Waals surface area contributed by atoms with E-state index < -0.39 is 11.7 Å². The van der Waals surface area contributed by atoms with Gasteiger partial charge in [0.05, 0.1) is 30.0 Å². The van der Waals surface area contributed by atoms with Crippen LogP contribution >= 0.6 is 0 Å². The van der Waals surface area contributed by atoms with Gasteiger partial charge in [-0.2, -0.15) is 13.2 Å². The first-order chi connectivity index (χ1) is 16.9. The highest BCUT2D eigenvalue weighted by Crippen LogP contribution is 2.48. The number of halogens is 3. The Morgan fingerprint density at radius 2 is 1.83 bits per heavy atom. The molecule has 2 aromatic heterocycles. The van der Waals surface area contributed by atoms with E-state index in [9.17, 15) is 18.0 Å². The number of hydrogen-bond donors (Lipinski definition) is 2. The molecule has 1 saturated heterocycles. The summed E-state index contributed by atoms with van der Waals surface area (Å²) < 4.78 is 57.7. The van der Waals surface area contributed by atoms with Crippen LogP contribution in [0.1, 0.15) is 40.2 Å². The summed E-state index contributed by atoms with van der Waals surface area (Å²) in [4.78, 5) is 21.9. The standard InChI is InChI=1S/C24H23F3N4O4/c25-24(26,27)16-12-28-22-19(16)15(13-1-2-13)11-18(30-22)29-17-4-3-14(20-21(17)35-10-9-34-20)23(32)31-5-7-33-8-6-31/h3-4,11-13H,1-2,5-10H2,(H2,28,29,30). The van der Waals surface area contributed by atoms with Crippen LogP contribution in [0.3, 0.4) is 0 Å². The average molecular weight is 488 g/mol. The van der Waals surface area contributed by atoms with E-state index in [2.05, 4.69) is 15.3 Å². The number of morpholine rings is 1. The maximum Gasteiger partial charge on any atom is 0.418 e. The normalized spacial score (nSPS) is 18.1. The molecule has 0 radical (unpaired) electrons. The van der Waals surface area contributed by atoms with E-state index in [-0.39, 0.29) is 22.9 Å². The van der Waals surface area contributed by atoms with Gasteiger partial charge in [-0.05, 0) is 42.5 Å². The number of pyridine rings is 1. The van der Waals surface area contributed by atoms with Crippen LogP contribution in [0.15, 0.2) is 24.4 Å². The monoisotopic (exact) mass is 488 g/mol. The van der Waals surface area contributed by atoms with Gasteiger partial charge < -0.3 is 29.4 Å². The summed E-state index contributed by atoms with van der Waals surface area (Å²) in [7, 11) is 0. The van der Waals surface area contributed by atoms with Crippen LogP contribution in [0, 0.1) is 0 Å². The Labute approximate surface area is 198 Å². The summed E-state index contributed by atoms with van der Waals surface area (Å²) in [5, 5.41) is 3.30. The van der Waals surface area contributed by atoms with E-state index in [0.717, 1.165) is 19.0 Å². The smallest absolute Gasteiger partial charge is 0.418 e. The van der Waals surface area contributed by atoms with Crippen LogP contribution in [0.5, 0.6) is 11.5 Å². The number of aromatic nitrogens is 2. The molecule has 0 bridgehead atoms. The van der Waals surface area contributed by atoms with Gasteiger partial charge in [-0.1, -0.05) is 0 Å². The van der Waals surface area contributed by atoms with Gasteiger partial charge in [0.2, 0.25) is 0 Å². The van der Waals surface area contributed by atoms with Gasteiger partial charge in [0, 0.05) is 24.7 Å². The van der Waals surface area contributed by atoms with Crippen molar-refractivity contribution >= 4 is 28.4 Å². The van der Waals surface area contributed by atoms with Crippen molar-refractivity contribution in [3.63, 3.8) is 0 Å². The van der Waals surface area contributed by atoms with Crippen molar-refractivity contribution in [1.82, 2.24) is 14.9 Å². The summed E-state index contributed by atoms with van der Waals surface area (Å²) >= 11 is 0. The van der Waals surface area contributed by atoms with Crippen LogP contribution in [0.25, 0.3) is 11.0 Å². The van der Waals surface area contributed by atoms with Crippen molar-refractivity contribution < 1.29 is 32.2 Å². The van der Waals surface area contributed by atoms with Crippen molar-refractivity contribution in [1.29, 1.82) is 0 Å². The van der Waals surface area contributed by atoms with Crippen molar-refractivity contribution in [2.75, 3.05) is 44.8 Å². The molecule has 6 rings (SSSR count). The number of fused-ring (bicyclic) bond motifs is 2. The minimum atomic E-state index is -4.47. The SMILES string of the molecule is O=C(c1ccc(Nc2cc(C3CC3)c3c(C(F)(F)F)c[nH]c3n2)c2c1OCCO2)N1CCOCC1. The van der Waals surface area contributed by atoms with Crippen molar-refractivity contribution in [3.8, 4) is 11.5 Å². The number of H-pyrrole nitrogens is 1. The Balaban J connectivity index is 1.37. The predicted octanol–water partition coefficient (Wildman–Crippen LogP) is 4.45. The summed E-state index contributed by atoms with van der Waals surface area (Å²) in [5.41, 5.74) is 1.02. The summed E-state index contributed by atoms with van der Waals surface area (Å²) in [6.45, 7) is 2.58. The molecular formula is C24H23F3N4O4. The molecule has 0 atom stereocenters. The molecule has 184 valence electrons. The van der Waals surface area contributed by atoms with Crippen molar-refractivity contribution in [3.05, 3.63) is 41.1 Å². The quantitative estimate of drug-likeness (QED) is 0.564. The fourth-order valence-electron chi connectivity index (χ4n) is 4.65. The highest BCUT2D eigenvalue weighted by molar-refractivity contribution is 5.99. The number of hydrogen-bond acceptors (Lipinski definition) is 6. The molecule has 3 aromatic rings. The van der Waals surface area contributed by atoms with Gasteiger partial charge in [-0.15, -0.1) is 0 Å². The van der Waals surface area contributed by atoms with Crippen LogP contribution in [0.4, 0.5) is 24.7 Å². The molecule has 2 fully saturated rings. The average Bonchev–Trinajstić information content (AvgIpc) is 3.61. The number of carbonyl (C=O) groups excluding carboxylic acids is 1. The topological polar surface area (TPSA) is 88.7 Å². The Bertz CT molecular complexity index is 1300. The summed E-state index contributed by atoms with van der Waals surface area (Å²) in [6, 6.07) is 5.05. The molecule has 4 heterocycles. The molecule has 1 saturated carbocycles. The zero-order valence-corrected chi connectivity index (χ0v) is 18.7. The number of nitrogens with zero attached hydrogens (tertiary/aromatic N) is 2. The number of anilines is 2. The number of aromatic amines is 1.